The topological polar surface area (TPSA) is 156 Å². The molecule has 3 N–H and O–H groups in total. The second-order valence-electron chi connectivity index (χ2n) is 10.2. The number of nitrogens with one attached hydrogen (secondary N) is 1. The first-order valence-electron chi connectivity index (χ1n) is 14.0. The number of carbonyl (C=O) groups excluding carboxylic acids is 2. The molecule has 1 amide bonds. The molecule has 3 rings (SSSR count). The molecule has 0 bridgehead atoms. The zero-order valence-electron chi connectivity index (χ0n) is 24.3. The van der Waals surface area contributed by atoms with Gasteiger partial charge in [-0.2, -0.15) is 0 Å². The number of aliphatic hydroxyl groups is 1. The number of aryl methyl sites for hydroxylation is 1. The van der Waals surface area contributed by atoms with Gasteiger partial charge in [0.2, 0.25) is 0 Å². The molecule has 3 aromatic rings. The molecule has 2 unspecified atom stereocenters. The molecular formula is C32H36ClNO9S. The number of benzene rings is 3. The Bertz CT molecular complexity index is 1490. The largest absolute Gasteiger partial charge is 0.484 e. The van der Waals surface area contributed by atoms with E-state index in [-0.39, 0.29) is 54.9 Å². The van der Waals surface area contributed by atoms with E-state index in [9.17, 15) is 33.0 Å². The van der Waals surface area contributed by atoms with Crippen LogP contribution in [-0.2, 0) is 30.6 Å². The number of amides is 1. The fourth-order valence-electron chi connectivity index (χ4n) is 4.37. The highest BCUT2D eigenvalue weighted by molar-refractivity contribution is 7.91. The van der Waals surface area contributed by atoms with Gasteiger partial charge in [-0.25, -0.2) is 13.2 Å². The summed E-state index contributed by atoms with van der Waals surface area (Å²) in [6, 6.07) is 19.5. The van der Waals surface area contributed by atoms with E-state index >= 15 is 0 Å². The van der Waals surface area contributed by atoms with Gasteiger partial charge < -0.3 is 29.8 Å². The second-order valence-corrected chi connectivity index (χ2v) is 12.8. The van der Waals surface area contributed by atoms with Crippen LogP contribution in [0.5, 0.6) is 11.5 Å². The number of ketones is 1. The van der Waals surface area contributed by atoms with E-state index in [0.717, 1.165) is 11.1 Å². The first-order valence-corrected chi connectivity index (χ1v) is 16.1. The van der Waals surface area contributed by atoms with Crippen molar-refractivity contribution in [2.75, 3.05) is 25.5 Å². The number of aliphatic carboxylic acids is 1. The predicted octanol–water partition coefficient (Wildman–Crippen LogP) is 4.22. The molecule has 0 saturated carbocycles. The van der Waals surface area contributed by atoms with Crippen LogP contribution in [0.3, 0.4) is 0 Å². The third-order valence-electron chi connectivity index (χ3n) is 6.73. The molecule has 0 fully saturated rings. The Balaban J connectivity index is 1.40. The molecule has 44 heavy (non-hydrogen) atoms. The number of Topliss-reactive ketones (excluding diaryl/α,β-unsaturated/α-hetero) is 1. The van der Waals surface area contributed by atoms with E-state index < -0.39 is 27.8 Å². The van der Waals surface area contributed by atoms with Gasteiger partial charge in [0, 0.05) is 30.3 Å². The summed E-state index contributed by atoms with van der Waals surface area (Å²) in [5.41, 5.74) is 1.66. The number of hydrogen-bond donors (Lipinski definition) is 3. The average molecular weight is 646 g/mol. The Morgan fingerprint density at radius 3 is 2.16 bits per heavy atom. The summed E-state index contributed by atoms with van der Waals surface area (Å²) in [7, 11) is -3.43. The second kappa shape index (κ2) is 16.8. The number of rotatable bonds is 18. The van der Waals surface area contributed by atoms with Crippen LogP contribution in [-0.4, -0.2) is 67.9 Å². The van der Waals surface area contributed by atoms with Gasteiger partial charge in [0.25, 0.3) is 5.91 Å². The molecule has 0 aliphatic carbocycles. The molecule has 0 aliphatic rings. The number of hydrogen-bond acceptors (Lipinski definition) is 8. The lowest BCUT2D eigenvalue weighted by Gasteiger charge is -2.16. The number of aliphatic hydroxyl groups excluding tert-OH is 1. The molecule has 10 nitrogen and oxygen atoms in total. The minimum Gasteiger partial charge on any atom is -0.484 e. The van der Waals surface area contributed by atoms with Gasteiger partial charge in [-0.15, -0.1) is 0 Å². The van der Waals surface area contributed by atoms with Crippen LogP contribution in [0.2, 0.25) is 5.02 Å². The molecule has 12 heteroatoms. The minimum atomic E-state index is -3.43. The van der Waals surface area contributed by atoms with Crippen molar-refractivity contribution in [3.63, 3.8) is 0 Å². The fourth-order valence-corrected chi connectivity index (χ4v) is 5.81. The van der Waals surface area contributed by atoms with Gasteiger partial charge >= 0.3 is 5.97 Å². The SMILES string of the molecule is CC(=O)CC(CO)c1ccc(OCC(=O)NCCC(Oc2ccc(CCCS(=O)(=O)c3ccc(Cl)cc3)cc2)C(=O)O)cc1. The van der Waals surface area contributed by atoms with Crippen molar-refractivity contribution >= 4 is 39.1 Å². The van der Waals surface area contributed by atoms with Crippen LogP contribution in [0.15, 0.2) is 77.7 Å². The number of carboxylic acid groups (broad SMARTS) is 1. The molecule has 0 aliphatic heterocycles. The van der Waals surface area contributed by atoms with E-state index in [0.29, 0.717) is 29.4 Å². The lowest BCUT2D eigenvalue weighted by Crippen LogP contribution is -2.35. The van der Waals surface area contributed by atoms with Gasteiger partial charge in [-0.3, -0.25) is 4.79 Å². The van der Waals surface area contributed by atoms with Crippen molar-refractivity contribution in [1.29, 1.82) is 0 Å². The summed E-state index contributed by atoms with van der Waals surface area (Å²) in [6.45, 7) is 1.07. The van der Waals surface area contributed by atoms with Crippen LogP contribution >= 0.6 is 11.6 Å². The Morgan fingerprint density at radius 2 is 1.57 bits per heavy atom. The molecule has 0 aromatic heterocycles. The highest BCUT2D eigenvalue weighted by atomic mass is 35.5. The minimum absolute atomic E-state index is 0.0127. The van der Waals surface area contributed by atoms with Gasteiger partial charge in [0.15, 0.2) is 22.5 Å². The normalized spacial score (nSPS) is 12.6. The Hall–Kier alpha value is -3.93. The lowest BCUT2D eigenvalue weighted by molar-refractivity contribution is -0.145. The third kappa shape index (κ3) is 11.3. The molecule has 0 heterocycles. The average Bonchev–Trinajstić information content (AvgIpc) is 2.99. The van der Waals surface area contributed by atoms with Crippen molar-refractivity contribution in [2.45, 2.75) is 49.5 Å². The van der Waals surface area contributed by atoms with E-state index in [4.69, 9.17) is 21.1 Å². The summed E-state index contributed by atoms with van der Waals surface area (Å²) in [6.07, 6.45) is -0.0430. The van der Waals surface area contributed by atoms with Gasteiger partial charge in [-0.05, 0) is 79.4 Å². The number of carboxylic acids is 1. The molecular weight excluding hydrogens is 610 g/mol. The maximum Gasteiger partial charge on any atom is 0.344 e. The van der Waals surface area contributed by atoms with Crippen LogP contribution in [0.4, 0.5) is 0 Å². The number of sulfone groups is 1. The maximum absolute atomic E-state index is 12.5. The standard InChI is InChI=1S/C32H36ClNO9S/c1-22(36)19-25(20-35)24-6-12-27(13-7-24)42-21-31(37)34-17-16-30(32(38)39)43-28-10-4-23(5-11-28)3-2-18-44(40,41)29-14-8-26(33)9-15-29/h4-15,25,30,35H,2-3,16-21H2,1H3,(H,34,37)(H,38,39). The van der Waals surface area contributed by atoms with E-state index in [1.54, 1.807) is 48.5 Å². The summed E-state index contributed by atoms with van der Waals surface area (Å²) in [5, 5.41) is 22.2. The van der Waals surface area contributed by atoms with Gasteiger partial charge in [-0.1, -0.05) is 35.9 Å². The lowest BCUT2D eigenvalue weighted by atomic mass is 9.95. The van der Waals surface area contributed by atoms with Crippen LogP contribution in [0.1, 0.15) is 43.2 Å². The summed E-state index contributed by atoms with van der Waals surface area (Å²) < 4.78 is 36.1. The quantitative estimate of drug-likeness (QED) is 0.184. The van der Waals surface area contributed by atoms with Crippen molar-refractivity contribution < 1.29 is 42.5 Å². The monoisotopic (exact) mass is 645 g/mol. The van der Waals surface area contributed by atoms with Crippen molar-refractivity contribution in [2.24, 2.45) is 0 Å². The van der Waals surface area contributed by atoms with Crippen LogP contribution < -0.4 is 14.8 Å². The third-order valence-corrected chi connectivity index (χ3v) is 8.80. The summed E-state index contributed by atoms with van der Waals surface area (Å²) in [4.78, 5) is 35.5. The van der Waals surface area contributed by atoms with Gasteiger partial charge in [0.05, 0.1) is 17.3 Å². The van der Waals surface area contributed by atoms with E-state index in [1.807, 2.05) is 0 Å². The first-order chi connectivity index (χ1) is 21.0. The number of carbonyl (C=O) groups is 3. The number of halogens is 1. The summed E-state index contributed by atoms with van der Waals surface area (Å²) in [5.74, 6) is -1.21. The predicted molar refractivity (Wildman–Crippen MR) is 165 cm³/mol. The molecule has 0 radical (unpaired) electrons. The van der Waals surface area contributed by atoms with E-state index in [1.165, 1.54) is 31.2 Å². The Morgan fingerprint density at radius 1 is 0.932 bits per heavy atom. The van der Waals surface area contributed by atoms with E-state index in [2.05, 4.69) is 5.32 Å². The fraction of sp³-hybridized carbons (Fsp3) is 0.344. The number of ether oxygens (including phenoxy) is 2. The molecule has 0 saturated heterocycles. The zero-order chi connectivity index (χ0) is 32.1. The molecule has 236 valence electrons. The maximum atomic E-state index is 12.5. The highest BCUT2D eigenvalue weighted by Gasteiger charge is 2.20. The molecule has 2 atom stereocenters. The molecule has 0 spiro atoms. The smallest absolute Gasteiger partial charge is 0.344 e. The Labute approximate surface area is 261 Å². The van der Waals surface area contributed by atoms with Crippen molar-refractivity contribution in [1.82, 2.24) is 5.32 Å². The van der Waals surface area contributed by atoms with Crippen molar-refractivity contribution in [3.8, 4) is 11.5 Å². The zero-order valence-corrected chi connectivity index (χ0v) is 25.9. The van der Waals surface area contributed by atoms with Crippen LogP contribution in [0.25, 0.3) is 0 Å². The highest BCUT2D eigenvalue weighted by Crippen LogP contribution is 2.23. The Kier molecular flexibility index (Phi) is 13.2. The first kappa shape index (κ1) is 34.6. The van der Waals surface area contributed by atoms with Crippen molar-refractivity contribution in [3.05, 3.63) is 88.9 Å². The van der Waals surface area contributed by atoms with Crippen LogP contribution in [0, 0.1) is 0 Å². The summed E-state index contributed by atoms with van der Waals surface area (Å²) >= 11 is 5.83. The molecule has 3 aromatic carbocycles. The van der Waals surface area contributed by atoms with Gasteiger partial charge in [0.1, 0.15) is 17.3 Å².